The van der Waals surface area contributed by atoms with E-state index in [2.05, 4.69) is 5.32 Å². The Labute approximate surface area is 117 Å². The minimum absolute atomic E-state index is 0.0983. The molecule has 2 atom stereocenters. The van der Waals surface area contributed by atoms with Crippen molar-refractivity contribution in [2.75, 3.05) is 13.2 Å². The zero-order chi connectivity index (χ0) is 14.5. The van der Waals surface area contributed by atoms with Crippen molar-refractivity contribution < 1.29 is 18.7 Å². The summed E-state index contributed by atoms with van der Waals surface area (Å²) in [5.41, 5.74) is 0.791. The topological polar surface area (TPSA) is 55.4 Å². The maximum Gasteiger partial charge on any atom is 0.311 e. The van der Waals surface area contributed by atoms with E-state index in [0.717, 1.165) is 12.0 Å². The van der Waals surface area contributed by atoms with Crippen LogP contribution in [0.1, 0.15) is 31.2 Å². The predicted octanol–water partition coefficient (Wildman–Crippen LogP) is 2.00. The first-order valence-electron chi connectivity index (χ1n) is 6.80. The second kappa shape index (κ2) is 6.50. The molecular formula is C15H18FNO3. The number of ether oxygens (including phenoxy) is 1. The van der Waals surface area contributed by atoms with Crippen LogP contribution < -0.4 is 5.32 Å². The van der Waals surface area contributed by atoms with E-state index in [9.17, 15) is 14.0 Å². The maximum atomic E-state index is 13.0. The van der Waals surface area contributed by atoms with Gasteiger partial charge in [0.05, 0.1) is 12.5 Å². The molecule has 0 unspecified atom stereocenters. The number of carbonyl (C=O) groups is 2. The number of amides is 1. The first kappa shape index (κ1) is 14.5. The van der Waals surface area contributed by atoms with Gasteiger partial charge in [-0.25, -0.2) is 4.39 Å². The van der Waals surface area contributed by atoms with Crippen LogP contribution >= 0.6 is 0 Å². The molecule has 2 rings (SSSR count). The van der Waals surface area contributed by atoms with Crippen molar-refractivity contribution in [3.8, 4) is 0 Å². The van der Waals surface area contributed by atoms with Gasteiger partial charge in [-0.3, -0.25) is 9.59 Å². The Morgan fingerprint density at radius 3 is 2.75 bits per heavy atom. The van der Waals surface area contributed by atoms with E-state index in [1.807, 2.05) is 6.92 Å². The number of nitrogens with one attached hydrogen (secondary N) is 1. The third-order valence-corrected chi connectivity index (χ3v) is 3.46. The smallest absolute Gasteiger partial charge is 0.311 e. The average molecular weight is 279 g/mol. The molecule has 0 bridgehead atoms. The standard InChI is InChI=1S/C15H18FNO3/c1-2-7-20-15(19)13-9-17-14(18)8-12(13)10-3-5-11(16)6-4-10/h3-6,12-13H,2,7-9H2,1H3,(H,17,18)/t12-,13+/m0/s1. The average Bonchev–Trinajstić information content (AvgIpc) is 2.45. The molecule has 0 spiro atoms. The largest absolute Gasteiger partial charge is 0.465 e. The summed E-state index contributed by atoms with van der Waals surface area (Å²) in [5, 5.41) is 2.69. The molecule has 1 fully saturated rings. The Balaban J connectivity index is 2.17. The van der Waals surface area contributed by atoms with Crippen molar-refractivity contribution >= 4 is 11.9 Å². The lowest BCUT2D eigenvalue weighted by Gasteiger charge is -2.30. The van der Waals surface area contributed by atoms with Crippen LogP contribution in [0.5, 0.6) is 0 Å². The fourth-order valence-corrected chi connectivity index (χ4v) is 2.40. The third kappa shape index (κ3) is 3.35. The van der Waals surface area contributed by atoms with E-state index >= 15 is 0 Å². The Kier molecular flexibility index (Phi) is 4.71. The Morgan fingerprint density at radius 2 is 2.10 bits per heavy atom. The van der Waals surface area contributed by atoms with Crippen LogP contribution in [0, 0.1) is 11.7 Å². The summed E-state index contributed by atoms with van der Waals surface area (Å²) in [6, 6.07) is 5.93. The molecule has 1 saturated heterocycles. The summed E-state index contributed by atoms with van der Waals surface area (Å²) in [6.07, 6.45) is 0.976. The molecular weight excluding hydrogens is 261 g/mol. The summed E-state index contributed by atoms with van der Waals surface area (Å²) >= 11 is 0. The van der Waals surface area contributed by atoms with E-state index in [0.29, 0.717) is 6.61 Å². The first-order chi connectivity index (χ1) is 9.61. The third-order valence-electron chi connectivity index (χ3n) is 3.46. The van der Waals surface area contributed by atoms with E-state index in [-0.39, 0.29) is 36.6 Å². The minimum atomic E-state index is -0.412. The van der Waals surface area contributed by atoms with Crippen LogP contribution in [0.4, 0.5) is 4.39 Å². The lowest BCUT2D eigenvalue weighted by molar-refractivity contribution is -0.150. The van der Waals surface area contributed by atoms with Gasteiger partial charge in [-0.2, -0.15) is 0 Å². The molecule has 1 N–H and O–H groups in total. The quantitative estimate of drug-likeness (QED) is 0.858. The van der Waals surface area contributed by atoms with E-state index in [1.54, 1.807) is 12.1 Å². The molecule has 1 aliphatic heterocycles. The van der Waals surface area contributed by atoms with Crippen LogP contribution in [-0.4, -0.2) is 25.0 Å². The van der Waals surface area contributed by atoms with Gasteiger partial charge < -0.3 is 10.1 Å². The fourth-order valence-electron chi connectivity index (χ4n) is 2.40. The van der Waals surface area contributed by atoms with Gasteiger partial charge in [0, 0.05) is 18.9 Å². The lowest BCUT2D eigenvalue weighted by Crippen LogP contribution is -2.43. The Bertz CT molecular complexity index is 486. The van der Waals surface area contributed by atoms with Crippen molar-refractivity contribution in [1.82, 2.24) is 5.32 Å². The molecule has 0 radical (unpaired) electrons. The summed E-state index contributed by atoms with van der Waals surface area (Å²) in [6.45, 7) is 2.57. The number of hydrogen-bond acceptors (Lipinski definition) is 3. The van der Waals surface area contributed by atoms with Crippen molar-refractivity contribution in [2.45, 2.75) is 25.7 Å². The second-order valence-corrected chi connectivity index (χ2v) is 4.94. The van der Waals surface area contributed by atoms with Gasteiger partial charge in [-0.1, -0.05) is 19.1 Å². The highest BCUT2D eigenvalue weighted by molar-refractivity contribution is 5.83. The molecule has 1 aromatic rings. The highest BCUT2D eigenvalue weighted by Gasteiger charge is 2.36. The molecule has 1 aromatic carbocycles. The fraction of sp³-hybridized carbons (Fsp3) is 0.467. The number of rotatable bonds is 4. The number of benzene rings is 1. The summed E-state index contributed by atoms with van der Waals surface area (Å²) in [4.78, 5) is 23.6. The van der Waals surface area contributed by atoms with Crippen molar-refractivity contribution in [3.05, 3.63) is 35.6 Å². The predicted molar refractivity (Wildman–Crippen MR) is 71.5 cm³/mol. The summed E-state index contributed by atoms with van der Waals surface area (Å²) in [7, 11) is 0. The monoisotopic (exact) mass is 279 g/mol. The molecule has 1 heterocycles. The van der Waals surface area contributed by atoms with Crippen LogP contribution in [-0.2, 0) is 14.3 Å². The number of carbonyl (C=O) groups excluding carboxylic acids is 2. The van der Waals surface area contributed by atoms with E-state index in [1.165, 1.54) is 12.1 Å². The Morgan fingerprint density at radius 1 is 1.40 bits per heavy atom. The Hall–Kier alpha value is -1.91. The lowest BCUT2D eigenvalue weighted by atomic mass is 9.81. The molecule has 108 valence electrons. The van der Waals surface area contributed by atoms with Crippen LogP contribution in [0.25, 0.3) is 0 Å². The highest BCUT2D eigenvalue weighted by atomic mass is 19.1. The molecule has 1 amide bonds. The zero-order valence-electron chi connectivity index (χ0n) is 11.4. The number of hydrogen-bond donors (Lipinski definition) is 1. The number of esters is 1. The molecule has 4 nitrogen and oxygen atoms in total. The van der Waals surface area contributed by atoms with Gasteiger partial charge >= 0.3 is 5.97 Å². The molecule has 0 aromatic heterocycles. The number of piperidine rings is 1. The molecule has 0 aliphatic carbocycles. The minimum Gasteiger partial charge on any atom is -0.465 e. The van der Waals surface area contributed by atoms with Crippen molar-refractivity contribution in [2.24, 2.45) is 5.92 Å². The van der Waals surface area contributed by atoms with Gasteiger partial charge in [0.15, 0.2) is 0 Å². The van der Waals surface area contributed by atoms with Crippen molar-refractivity contribution in [3.63, 3.8) is 0 Å². The van der Waals surface area contributed by atoms with Crippen LogP contribution in [0.15, 0.2) is 24.3 Å². The van der Waals surface area contributed by atoms with Crippen LogP contribution in [0.2, 0.25) is 0 Å². The molecule has 1 aliphatic rings. The van der Waals surface area contributed by atoms with E-state index < -0.39 is 5.92 Å². The van der Waals surface area contributed by atoms with Gasteiger partial charge in [0.1, 0.15) is 5.82 Å². The number of halogens is 1. The zero-order valence-corrected chi connectivity index (χ0v) is 11.4. The molecule has 5 heteroatoms. The normalized spacial score (nSPS) is 22.2. The molecule has 0 saturated carbocycles. The van der Waals surface area contributed by atoms with E-state index in [4.69, 9.17) is 4.74 Å². The van der Waals surface area contributed by atoms with Crippen molar-refractivity contribution in [1.29, 1.82) is 0 Å². The maximum absolute atomic E-state index is 13.0. The van der Waals surface area contributed by atoms with Gasteiger partial charge in [-0.05, 0) is 24.1 Å². The SMILES string of the molecule is CCCOC(=O)[C@@H]1CNC(=O)C[C@H]1c1ccc(F)cc1. The second-order valence-electron chi connectivity index (χ2n) is 4.94. The first-order valence-corrected chi connectivity index (χ1v) is 6.80. The van der Waals surface area contributed by atoms with Gasteiger partial charge in [-0.15, -0.1) is 0 Å². The van der Waals surface area contributed by atoms with Gasteiger partial charge in [0.25, 0.3) is 0 Å². The molecule has 20 heavy (non-hydrogen) atoms. The van der Waals surface area contributed by atoms with Crippen LogP contribution in [0.3, 0.4) is 0 Å². The summed E-state index contributed by atoms with van der Waals surface area (Å²) < 4.78 is 18.2. The highest BCUT2D eigenvalue weighted by Crippen LogP contribution is 2.31. The summed E-state index contributed by atoms with van der Waals surface area (Å²) in [5.74, 6) is -1.41. The van der Waals surface area contributed by atoms with Gasteiger partial charge in [0.2, 0.25) is 5.91 Å².